The van der Waals surface area contributed by atoms with Gasteiger partial charge in [-0.15, -0.1) is 0 Å². The summed E-state index contributed by atoms with van der Waals surface area (Å²) in [6, 6.07) is 12.5. The van der Waals surface area contributed by atoms with Gasteiger partial charge in [0.15, 0.2) is 4.87 Å². The molecule has 1 aliphatic heterocycles. The molecule has 0 amide bonds. The van der Waals surface area contributed by atoms with E-state index in [1.54, 1.807) is 55.0 Å². The number of ether oxygens (including phenoxy) is 1. The van der Waals surface area contributed by atoms with Crippen LogP contribution < -0.4 is 0 Å². The number of sulfone groups is 1. The minimum absolute atomic E-state index is 0.0372. The van der Waals surface area contributed by atoms with Gasteiger partial charge in [0.25, 0.3) is 0 Å². The fourth-order valence-electron chi connectivity index (χ4n) is 3.95. The number of aliphatic imine (C=N–C) groups is 1. The SMILES string of the molecule is O=S(=O)(c1ccccc1)C1(C2CCC(OCc3ccncc3)C2)C=CC=N1. The van der Waals surface area contributed by atoms with Crippen LogP contribution in [0.15, 0.2) is 76.9 Å². The van der Waals surface area contributed by atoms with Gasteiger partial charge in [0.1, 0.15) is 0 Å². The van der Waals surface area contributed by atoms with E-state index in [-0.39, 0.29) is 12.0 Å². The van der Waals surface area contributed by atoms with Crippen LogP contribution in [0.1, 0.15) is 24.8 Å². The number of hydrogen-bond donors (Lipinski definition) is 0. The van der Waals surface area contributed by atoms with Crippen LogP contribution in [0.4, 0.5) is 0 Å². The number of hydrogen-bond acceptors (Lipinski definition) is 5. The summed E-state index contributed by atoms with van der Waals surface area (Å²) < 4.78 is 32.9. The first-order valence-corrected chi connectivity index (χ1v) is 10.6. The molecule has 0 saturated heterocycles. The molecule has 1 aliphatic carbocycles. The van der Waals surface area contributed by atoms with Crippen molar-refractivity contribution in [2.45, 2.75) is 41.7 Å². The zero-order chi connectivity index (χ0) is 18.7. The maximum Gasteiger partial charge on any atom is 0.208 e. The standard InChI is InChI=1S/C21H22N2O3S/c24-27(25,20-5-2-1-3-6-20)21(11-4-12-23-21)18-7-8-19(15-18)26-16-17-9-13-22-14-10-17/h1-6,9-14,18-19H,7-8,15-16H2. The Kier molecular flexibility index (Phi) is 4.93. The zero-order valence-electron chi connectivity index (χ0n) is 14.9. The lowest BCUT2D eigenvalue weighted by Crippen LogP contribution is -2.40. The molecular formula is C21H22N2O3S. The summed E-state index contributed by atoms with van der Waals surface area (Å²) in [4.78, 5) is 7.57. The molecule has 0 radical (unpaired) electrons. The fraction of sp³-hybridized carbons (Fsp3) is 0.333. The van der Waals surface area contributed by atoms with Gasteiger partial charge >= 0.3 is 0 Å². The van der Waals surface area contributed by atoms with Crippen molar-refractivity contribution in [3.8, 4) is 0 Å². The smallest absolute Gasteiger partial charge is 0.208 e. The van der Waals surface area contributed by atoms with Gasteiger partial charge in [0, 0.05) is 24.5 Å². The number of benzene rings is 1. The van der Waals surface area contributed by atoms with Crippen molar-refractivity contribution in [3.05, 3.63) is 72.6 Å². The van der Waals surface area contributed by atoms with Gasteiger partial charge in [-0.25, -0.2) is 8.42 Å². The van der Waals surface area contributed by atoms with Crippen molar-refractivity contribution in [1.82, 2.24) is 4.98 Å². The Hall–Kier alpha value is -2.31. The molecule has 140 valence electrons. The Morgan fingerprint density at radius 3 is 2.56 bits per heavy atom. The summed E-state index contributed by atoms with van der Waals surface area (Å²) in [6.45, 7) is 0.511. The number of rotatable bonds is 6. The summed E-state index contributed by atoms with van der Waals surface area (Å²) in [5.74, 6) is -0.0971. The highest BCUT2D eigenvalue weighted by Crippen LogP contribution is 2.45. The van der Waals surface area contributed by atoms with Crippen molar-refractivity contribution >= 4 is 16.1 Å². The third-order valence-corrected chi connectivity index (χ3v) is 7.71. The van der Waals surface area contributed by atoms with E-state index < -0.39 is 14.7 Å². The lowest BCUT2D eigenvalue weighted by atomic mass is 9.98. The summed E-state index contributed by atoms with van der Waals surface area (Å²) in [5.41, 5.74) is 1.07. The van der Waals surface area contributed by atoms with Crippen molar-refractivity contribution in [3.63, 3.8) is 0 Å². The topological polar surface area (TPSA) is 68.6 Å². The summed E-state index contributed by atoms with van der Waals surface area (Å²) in [5, 5.41) is 0. The van der Waals surface area contributed by atoms with E-state index in [9.17, 15) is 8.42 Å². The van der Waals surface area contributed by atoms with Crippen LogP contribution in [-0.4, -0.2) is 30.6 Å². The first kappa shape index (κ1) is 18.1. The minimum Gasteiger partial charge on any atom is -0.374 e. The van der Waals surface area contributed by atoms with Crippen LogP contribution in [-0.2, 0) is 21.2 Å². The molecule has 2 aliphatic rings. The lowest BCUT2D eigenvalue weighted by molar-refractivity contribution is 0.0421. The lowest BCUT2D eigenvalue weighted by Gasteiger charge is -2.30. The Morgan fingerprint density at radius 1 is 1.07 bits per heavy atom. The second-order valence-electron chi connectivity index (χ2n) is 7.00. The maximum atomic E-state index is 13.4. The molecule has 0 bridgehead atoms. The van der Waals surface area contributed by atoms with Crippen LogP contribution in [0.5, 0.6) is 0 Å². The summed E-state index contributed by atoms with van der Waals surface area (Å²) >= 11 is 0. The second kappa shape index (κ2) is 7.37. The van der Waals surface area contributed by atoms with E-state index in [2.05, 4.69) is 9.98 Å². The molecule has 3 unspecified atom stereocenters. The molecule has 3 atom stereocenters. The fourth-order valence-corrected chi connectivity index (χ4v) is 5.96. The predicted molar refractivity (Wildman–Crippen MR) is 104 cm³/mol. The van der Waals surface area contributed by atoms with Gasteiger partial charge in [-0.1, -0.05) is 18.2 Å². The molecule has 4 rings (SSSR count). The molecule has 1 aromatic heterocycles. The molecule has 1 fully saturated rings. The van der Waals surface area contributed by atoms with Crippen molar-refractivity contribution in [1.29, 1.82) is 0 Å². The number of allylic oxidation sites excluding steroid dienone is 1. The van der Waals surface area contributed by atoms with Crippen LogP contribution in [0, 0.1) is 5.92 Å². The number of nitrogens with zero attached hydrogens (tertiary/aromatic N) is 2. The molecule has 1 aromatic carbocycles. The van der Waals surface area contributed by atoms with E-state index >= 15 is 0 Å². The Labute approximate surface area is 159 Å². The van der Waals surface area contributed by atoms with Gasteiger partial charge in [-0.2, -0.15) is 0 Å². The highest BCUT2D eigenvalue weighted by atomic mass is 32.2. The molecule has 2 heterocycles. The normalized spacial score (nSPS) is 27.3. The van der Waals surface area contributed by atoms with Gasteiger partial charge in [0.2, 0.25) is 9.84 Å². The molecule has 0 spiro atoms. The van der Waals surface area contributed by atoms with Crippen LogP contribution in [0.2, 0.25) is 0 Å². The number of pyridine rings is 1. The first-order valence-electron chi connectivity index (χ1n) is 9.15. The zero-order valence-corrected chi connectivity index (χ0v) is 15.8. The van der Waals surface area contributed by atoms with Gasteiger partial charge in [-0.05, 0) is 61.2 Å². The molecule has 5 nitrogen and oxygen atoms in total. The quantitative estimate of drug-likeness (QED) is 0.766. The molecule has 1 saturated carbocycles. The highest BCUT2D eigenvalue weighted by molar-refractivity contribution is 7.93. The molecular weight excluding hydrogens is 360 g/mol. The maximum absolute atomic E-state index is 13.4. The molecule has 2 aromatic rings. The average Bonchev–Trinajstić information content (AvgIpc) is 3.38. The predicted octanol–water partition coefficient (Wildman–Crippen LogP) is 3.58. The summed E-state index contributed by atoms with van der Waals surface area (Å²) in [7, 11) is -3.62. The largest absolute Gasteiger partial charge is 0.374 e. The van der Waals surface area contributed by atoms with E-state index in [1.165, 1.54) is 0 Å². The van der Waals surface area contributed by atoms with Gasteiger partial charge in [-0.3, -0.25) is 9.98 Å². The Morgan fingerprint density at radius 2 is 1.85 bits per heavy atom. The Balaban J connectivity index is 1.52. The minimum atomic E-state index is -3.62. The number of aromatic nitrogens is 1. The highest BCUT2D eigenvalue weighted by Gasteiger charge is 2.52. The Bertz CT molecular complexity index is 928. The van der Waals surface area contributed by atoms with Crippen LogP contribution >= 0.6 is 0 Å². The van der Waals surface area contributed by atoms with E-state index in [1.807, 2.05) is 18.2 Å². The third kappa shape index (κ3) is 3.35. The first-order chi connectivity index (χ1) is 13.1. The monoisotopic (exact) mass is 382 g/mol. The molecule has 0 N–H and O–H groups in total. The average molecular weight is 382 g/mol. The molecule has 6 heteroatoms. The third-order valence-electron chi connectivity index (χ3n) is 5.39. The van der Waals surface area contributed by atoms with Crippen molar-refractivity contribution < 1.29 is 13.2 Å². The van der Waals surface area contributed by atoms with E-state index in [4.69, 9.17) is 4.74 Å². The van der Waals surface area contributed by atoms with Crippen molar-refractivity contribution in [2.75, 3.05) is 0 Å². The molecule has 27 heavy (non-hydrogen) atoms. The van der Waals surface area contributed by atoms with E-state index in [0.717, 1.165) is 18.4 Å². The van der Waals surface area contributed by atoms with E-state index in [0.29, 0.717) is 17.9 Å². The van der Waals surface area contributed by atoms with Crippen molar-refractivity contribution in [2.24, 2.45) is 10.9 Å². The van der Waals surface area contributed by atoms with Crippen LogP contribution in [0.3, 0.4) is 0 Å². The summed E-state index contributed by atoms with van der Waals surface area (Å²) in [6.07, 6.45) is 10.9. The second-order valence-corrected chi connectivity index (χ2v) is 9.14. The van der Waals surface area contributed by atoms with Gasteiger partial charge < -0.3 is 4.74 Å². The van der Waals surface area contributed by atoms with Crippen LogP contribution in [0.25, 0.3) is 0 Å². The van der Waals surface area contributed by atoms with Gasteiger partial charge in [0.05, 0.1) is 17.6 Å².